The molecular formula is C22H20N4O3. The first-order valence-corrected chi connectivity index (χ1v) is 9.62. The number of hydrogen-bond acceptors (Lipinski definition) is 4. The van der Waals surface area contributed by atoms with Crippen molar-refractivity contribution < 1.29 is 14.7 Å². The van der Waals surface area contributed by atoms with Gasteiger partial charge in [-0.1, -0.05) is 18.2 Å². The van der Waals surface area contributed by atoms with Gasteiger partial charge in [0.15, 0.2) is 0 Å². The van der Waals surface area contributed by atoms with Crippen LogP contribution in [0.5, 0.6) is 5.75 Å². The third kappa shape index (κ3) is 2.77. The van der Waals surface area contributed by atoms with Gasteiger partial charge in [0, 0.05) is 24.3 Å². The van der Waals surface area contributed by atoms with Gasteiger partial charge in [-0.3, -0.25) is 14.7 Å². The van der Waals surface area contributed by atoms with E-state index in [4.69, 9.17) is 0 Å². The van der Waals surface area contributed by atoms with Crippen LogP contribution >= 0.6 is 0 Å². The lowest BCUT2D eigenvalue weighted by atomic mass is 9.75. The van der Waals surface area contributed by atoms with Crippen molar-refractivity contribution in [2.75, 3.05) is 18.4 Å². The average molecular weight is 388 g/mol. The van der Waals surface area contributed by atoms with Crippen molar-refractivity contribution >= 4 is 17.5 Å². The number of phenolic OH excluding ortho intramolecular Hbond substituents is 1. The maximum absolute atomic E-state index is 13.1. The van der Waals surface area contributed by atoms with Crippen LogP contribution in [0, 0.1) is 0 Å². The van der Waals surface area contributed by atoms with Crippen LogP contribution in [0.2, 0.25) is 0 Å². The Morgan fingerprint density at radius 2 is 1.93 bits per heavy atom. The SMILES string of the molecule is O=C(c1cc(-c2ccc(O)cc2)n[nH]1)N1CCC[C@]2(C1)C(=O)Nc1ccccc12. The molecule has 0 bridgehead atoms. The highest BCUT2D eigenvalue weighted by molar-refractivity contribution is 6.07. The number of aromatic hydroxyl groups is 1. The van der Waals surface area contributed by atoms with Crippen LogP contribution in [0.15, 0.2) is 54.6 Å². The number of amides is 2. The monoisotopic (exact) mass is 388 g/mol. The zero-order chi connectivity index (χ0) is 20.0. The van der Waals surface area contributed by atoms with E-state index in [1.807, 2.05) is 24.3 Å². The topological polar surface area (TPSA) is 98.3 Å². The summed E-state index contributed by atoms with van der Waals surface area (Å²) in [7, 11) is 0. The van der Waals surface area contributed by atoms with Gasteiger partial charge in [0.2, 0.25) is 5.91 Å². The summed E-state index contributed by atoms with van der Waals surface area (Å²) in [5, 5.41) is 19.5. The standard InChI is InChI=1S/C22H20N4O3/c27-15-8-6-14(7-9-15)18-12-19(25-24-18)20(28)26-11-3-10-22(13-26)16-4-1-2-5-17(16)23-21(22)29/h1-2,4-9,12,27H,3,10-11,13H2,(H,23,29)(H,24,25)/t22-/m1/s1. The largest absolute Gasteiger partial charge is 0.508 e. The molecule has 1 saturated heterocycles. The van der Waals surface area contributed by atoms with Crippen molar-refractivity contribution in [2.24, 2.45) is 0 Å². The van der Waals surface area contributed by atoms with E-state index in [1.54, 1.807) is 35.2 Å². The van der Waals surface area contributed by atoms with Gasteiger partial charge in [0.1, 0.15) is 11.4 Å². The van der Waals surface area contributed by atoms with Crippen molar-refractivity contribution in [3.63, 3.8) is 0 Å². The Morgan fingerprint density at radius 3 is 2.76 bits per heavy atom. The van der Waals surface area contributed by atoms with E-state index in [-0.39, 0.29) is 17.6 Å². The van der Waals surface area contributed by atoms with Gasteiger partial charge in [0.25, 0.3) is 5.91 Å². The smallest absolute Gasteiger partial charge is 0.271 e. The second-order valence-electron chi connectivity index (χ2n) is 7.63. The maximum atomic E-state index is 13.1. The Bertz CT molecular complexity index is 1110. The number of benzene rings is 2. The predicted molar refractivity (Wildman–Crippen MR) is 108 cm³/mol. The minimum Gasteiger partial charge on any atom is -0.508 e. The number of aromatic amines is 1. The minimum absolute atomic E-state index is 0.0365. The van der Waals surface area contributed by atoms with Crippen molar-refractivity contribution in [3.05, 3.63) is 65.9 Å². The highest BCUT2D eigenvalue weighted by Gasteiger charge is 2.50. The number of aromatic nitrogens is 2. The van der Waals surface area contributed by atoms with E-state index in [0.717, 1.165) is 29.7 Å². The van der Waals surface area contributed by atoms with Crippen molar-refractivity contribution in [2.45, 2.75) is 18.3 Å². The zero-order valence-corrected chi connectivity index (χ0v) is 15.7. The number of hydrogen-bond donors (Lipinski definition) is 3. The summed E-state index contributed by atoms with van der Waals surface area (Å²) in [5.74, 6) is -0.0290. The summed E-state index contributed by atoms with van der Waals surface area (Å²) >= 11 is 0. The van der Waals surface area contributed by atoms with Crippen molar-refractivity contribution in [3.8, 4) is 17.0 Å². The average Bonchev–Trinajstić information content (AvgIpc) is 3.33. The fraction of sp³-hybridized carbons (Fsp3) is 0.227. The van der Waals surface area contributed by atoms with Gasteiger partial charge < -0.3 is 15.3 Å². The number of carbonyl (C=O) groups is 2. The van der Waals surface area contributed by atoms with Gasteiger partial charge in [0.05, 0.1) is 11.1 Å². The molecule has 3 N–H and O–H groups in total. The zero-order valence-electron chi connectivity index (χ0n) is 15.7. The molecule has 0 saturated carbocycles. The molecule has 7 heteroatoms. The van der Waals surface area contributed by atoms with Crippen LogP contribution in [-0.2, 0) is 10.2 Å². The number of H-pyrrole nitrogens is 1. The lowest BCUT2D eigenvalue weighted by Gasteiger charge is -2.38. The molecule has 7 nitrogen and oxygen atoms in total. The molecular weight excluding hydrogens is 368 g/mol. The first kappa shape index (κ1) is 17.5. The summed E-state index contributed by atoms with van der Waals surface area (Å²) in [6.45, 7) is 0.950. The third-order valence-electron chi connectivity index (χ3n) is 5.88. The molecule has 0 radical (unpaired) electrons. The van der Waals surface area contributed by atoms with Crippen LogP contribution in [0.4, 0.5) is 5.69 Å². The number of nitrogens with zero attached hydrogens (tertiary/aromatic N) is 2. The lowest BCUT2D eigenvalue weighted by molar-refractivity contribution is -0.122. The van der Waals surface area contributed by atoms with Gasteiger partial charge >= 0.3 is 0 Å². The molecule has 146 valence electrons. The molecule has 0 unspecified atom stereocenters. The molecule has 1 atom stereocenters. The molecule has 2 amide bonds. The number of anilines is 1. The second kappa shape index (κ2) is 6.48. The highest BCUT2D eigenvalue weighted by Crippen LogP contribution is 2.43. The van der Waals surface area contributed by atoms with Crippen LogP contribution < -0.4 is 5.32 Å². The first-order chi connectivity index (χ1) is 14.1. The predicted octanol–water partition coefficient (Wildman–Crippen LogP) is 2.91. The summed E-state index contributed by atoms with van der Waals surface area (Å²) in [6.07, 6.45) is 1.48. The molecule has 3 heterocycles. The highest BCUT2D eigenvalue weighted by atomic mass is 16.3. The first-order valence-electron chi connectivity index (χ1n) is 9.62. The lowest BCUT2D eigenvalue weighted by Crippen LogP contribution is -2.51. The summed E-state index contributed by atoms with van der Waals surface area (Å²) in [5.41, 5.74) is 2.93. The summed E-state index contributed by atoms with van der Waals surface area (Å²) < 4.78 is 0. The number of para-hydroxylation sites is 1. The number of phenols is 1. The molecule has 5 rings (SSSR count). The molecule has 2 aliphatic heterocycles. The van der Waals surface area contributed by atoms with Crippen molar-refractivity contribution in [1.29, 1.82) is 0 Å². The van der Waals surface area contributed by atoms with Gasteiger partial charge in [-0.25, -0.2) is 0 Å². The Balaban J connectivity index is 1.41. The van der Waals surface area contributed by atoms with Crippen LogP contribution in [-0.4, -0.2) is 45.1 Å². The van der Waals surface area contributed by atoms with E-state index in [0.29, 0.717) is 24.5 Å². The minimum atomic E-state index is -0.690. The summed E-state index contributed by atoms with van der Waals surface area (Å²) in [6, 6.07) is 16.1. The summed E-state index contributed by atoms with van der Waals surface area (Å²) in [4.78, 5) is 27.7. The Morgan fingerprint density at radius 1 is 1.14 bits per heavy atom. The third-order valence-corrected chi connectivity index (χ3v) is 5.88. The number of rotatable bonds is 2. The van der Waals surface area contributed by atoms with E-state index >= 15 is 0 Å². The molecule has 1 aromatic heterocycles. The maximum Gasteiger partial charge on any atom is 0.271 e. The molecule has 2 aliphatic rings. The van der Waals surface area contributed by atoms with E-state index in [2.05, 4.69) is 15.5 Å². The van der Waals surface area contributed by atoms with Gasteiger partial charge in [-0.15, -0.1) is 0 Å². The molecule has 3 aromatic rings. The van der Waals surface area contributed by atoms with Crippen molar-refractivity contribution in [1.82, 2.24) is 15.1 Å². The molecule has 2 aromatic carbocycles. The second-order valence-corrected chi connectivity index (χ2v) is 7.63. The van der Waals surface area contributed by atoms with Crippen LogP contribution in [0.3, 0.4) is 0 Å². The van der Waals surface area contributed by atoms with Crippen LogP contribution in [0.25, 0.3) is 11.3 Å². The number of fused-ring (bicyclic) bond motifs is 2. The number of nitrogens with one attached hydrogen (secondary N) is 2. The quantitative estimate of drug-likeness (QED) is 0.629. The Hall–Kier alpha value is -3.61. The Kier molecular flexibility index (Phi) is 3.91. The molecule has 29 heavy (non-hydrogen) atoms. The number of carbonyl (C=O) groups excluding carboxylic acids is 2. The van der Waals surface area contributed by atoms with Gasteiger partial charge in [-0.05, 0) is 54.8 Å². The van der Waals surface area contributed by atoms with Crippen LogP contribution in [0.1, 0.15) is 28.9 Å². The number of likely N-dealkylation sites (tertiary alicyclic amines) is 1. The number of piperidine rings is 1. The fourth-order valence-electron chi connectivity index (χ4n) is 4.39. The normalized spacial score (nSPS) is 20.6. The molecule has 1 spiro atoms. The molecule has 1 fully saturated rings. The molecule has 0 aliphatic carbocycles. The fourth-order valence-corrected chi connectivity index (χ4v) is 4.39. The van der Waals surface area contributed by atoms with E-state index < -0.39 is 5.41 Å². The van der Waals surface area contributed by atoms with Gasteiger partial charge in [-0.2, -0.15) is 5.10 Å². The van der Waals surface area contributed by atoms with E-state index in [9.17, 15) is 14.7 Å². The Labute approximate surface area is 167 Å². The van der Waals surface area contributed by atoms with E-state index in [1.165, 1.54) is 0 Å².